The summed E-state index contributed by atoms with van der Waals surface area (Å²) in [4.78, 5) is 35.2. The van der Waals surface area contributed by atoms with Crippen molar-refractivity contribution in [3.8, 4) is 0 Å². The number of rotatable bonds is 2. The van der Waals surface area contributed by atoms with Crippen LogP contribution < -0.4 is 5.32 Å². The molecule has 2 rings (SSSR count). The van der Waals surface area contributed by atoms with Gasteiger partial charge in [-0.15, -0.1) is 0 Å². The lowest BCUT2D eigenvalue weighted by atomic mass is 10.1. The Bertz CT molecular complexity index is 623. The van der Waals surface area contributed by atoms with E-state index in [0.717, 1.165) is 0 Å². The van der Waals surface area contributed by atoms with Crippen molar-refractivity contribution in [3.05, 3.63) is 41.0 Å². The number of cyclic esters (lactones) is 2. The second-order valence-electron chi connectivity index (χ2n) is 4.94. The number of carbonyl (C=O) groups excluding carboxylic acids is 3. The predicted octanol–water partition coefficient (Wildman–Crippen LogP) is 1.27. The standard InChI is InChI=1S/C15H15NO5/c1-15(2)20-13(18)11(14(19)21-15)8-9-5-4-6-10(7-9)12(17)16-3/h4-8H,1-3H3,(H,16,17). The Morgan fingerprint density at radius 2 is 1.81 bits per heavy atom. The summed E-state index contributed by atoms with van der Waals surface area (Å²) in [7, 11) is 1.52. The minimum absolute atomic E-state index is 0.205. The molecule has 1 amide bonds. The van der Waals surface area contributed by atoms with Crippen molar-refractivity contribution in [2.75, 3.05) is 7.05 Å². The zero-order valence-corrected chi connectivity index (χ0v) is 11.9. The van der Waals surface area contributed by atoms with E-state index < -0.39 is 17.7 Å². The van der Waals surface area contributed by atoms with Gasteiger partial charge in [0.25, 0.3) is 11.7 Å². The van der Waals surface area contributed by atoms with Gasteiger partial charge < -0.3 is 14.8 Å². The van der Waals surface area contributed by atoms with Crippen LogP contribution in [-0.2, 0) is 19.1 Å². The fourth-order valence-electron chi connectivity index (χ4n) is 1.86. The first-order valence-corrected chi connectivity index (χ1v) is 6.33. The zero-order chi connectivity index (χ0) is 15.6. The molecule has 0 unspecified atom stereocenters. The van der Waals surface area contributed by atoms with Crippen LogP contribution in [0.4, 0.5) is 0 Å². The van der Waals surface area contributed by atoms with Gasteiger partial charge in [0.1, 0.15) is 5.57 Å². The van der Waals surface area contributed by atoms with Crippen molar-refractivity contribution >= 4 is 23.9 Å². The molecular weight excluding hydrogens is 274 g/mol. The van der Waals surface area contributed by atoms with E-state index in [4.69, 9.17) is 9.47 Å². The van der Waals surface area contributed by atoms with E-state index in [-0.39, 0.29) is 11.5 Å². The highest BCUT2D eigenvalue weighted by atomic mass is 16.7. The molecule has 0 aromatic heterocycles. The van der Waals surface area contributed by atoms with E-state index in [0.29, 0.717) is 11.1 Å². The highest BCUT2D eigenvalue weighted by molar-refractivity contribution is 6.18. The average Bonchev–Trinajstić information content (AvgIpc) is 2.41. The molecule has 1 aromatic carbocycles. The smallest absolute Gasteiger partial charge is 0.348 e. The minimum atomic E-state index is -1.27. The molecule has 1 aliphatic heterocycles. The molecule has 0 spiro atoms. The lowest BCUT2D eigenvalue weighted by molar-refractivity contribution is -0.222. The predicted molar refractivity (Wildman–Crippen MR) is 74.1 cm³/mol. The Kier molecular flexibility index (Phi) is 3.80. The number of esters is 2. The van der Waals surface area contributed by atoms with Gasteiger partial charge in [-0.3, -0.25) is 4.79 Å². The molecule has 0 radical (unpaired) electrons. The second kappa shape index (κ2) is 5.40. The van der Waals surface area contributed by atoms with Gasteiger partial charge in [-0.2, -0.15) is 0 Å². The molecule has 0 aliphatic carbocycles. The molecule has 110 valence electrons. The molecule has 1 N–H and O–H groups in total. The lowest BCUT2D eigenvalue weighted by Gasteiger charge is -2.29. The molecule has 0 atom stereocenters. The molecule has 21 heavy (non-hydrogen) atoms. The van der Waals surface area contributed by atoms with Gasteiger partial charge in [0.05, 0.1) is 0 Å². The quantitative estimate of drug-likeness (QED) is 0.503. The van der Waals surface area contributed by atoms with Crippen molar-refractivity contribution in [3.63, 3.8) is 0 Å². The largest absolute Gasteiger partial charge is 0.419 e. The Morgan fingerprint density at radius 3 is 2.38 bits per heavy atom. The fraction of sp³-hybridized carbons (Fsp3) is 0.267. The molecule has 0 saturated carbocycles. The maximum absolute atomic E-state index is 11.8. The van der Waals surface area contributed by atoms with Gasteiger partial charge in [-0.1, -0.05) is 12.1 Å². The summed E-state index contributed by atoms with van der Waals surface area (Å²) < 4.78 is 10.00. The number of carbonyl (C=O) groups is 3. The topological polar surface area (TPSA) is 81.7 Å². The van der Waals surface area contributed by atoms with Gasteiger partial charge in [0.15, 0.2) is 0 Å². The first-order valence-electron chi connectivity index (χ1n) is 6.33. The SMILES string of the molecule is CNC(=O)c1cccc(C=C2C(=O)OC(C)(C)OC2=O)c1. The Hall–Kier alpha value is -2.63. The Morgan fingerprint density at radius 1 is 1.19 bits per heavy atom. The summed E-state index contributed by atoms with van der Waals surface area (Å²) in [6.45, 7) is 2.96. The monoisotopic (exact) mass is 289 g/mol. The van der Waals surface area contributed by atoms with Crippen LogP contribution in [0.1, 0.15) is 29.8 Å². The summed E-state index contributed by atoms with van der Waals surface area (Å²) in [5.74, 6) is -3.02. The highest BCUT2D eigenvalue weighted by Gasteiger charge is 2.38. The second-order valence-corrected chi connectivity index (χ2v) is 4.94. The molecule has 1 aromatic rings. The van der Waals surface area contributed by atoms with Crippen LogP contribution in [0.25, 0.3) is 6.08 Å². The molecule has 1 aliphatic rings. The van der Waals surface area contributed by atoms with E-state index in [9.17, 15) is 14.4 Å². The van der Waals surface area contributed by atoms with Gasteiger partial charge >= 0.3 is 11.9 Å². The van der Waals surface area contributed by atoms with Crippen LogP contribution in [0.2, 0.25) is 0 Å². The van der Waals surface area contributed by atoms with E-state index in [2.05, 4.69) is 5.32 Å². The van der Waals surface area contributed by atoms with Crippen molar-refractivity contribution < 1.29 is 23.9 Å². The van der Waals surface area contributed by atoms with Crippen LogP contribution in [0.5, 0.6) is 0 Å². The summed E-state index contributed by atoms with van der Waals surface area (Å²) >= 11 is 0. The van der Waals surface area contributed by atoms with Crippen LogP contribution in [0.3, 0.4) is 0 Å². The summed E-state index contributed by atoms with van der Waals surface area (Å²) in [5, 5.41) is 2.50. The number of benzene rings is 1. The third-order valence-electron chi connectivity index (χ3n) is 2.80. The number of nitrogens with one attached hydrogen (secondary N) is 1. The van der Waals surface area contributed by atoms with Crippen LogP contribution in [0.15, 0.2) is 29.8 Å². The van der Waals surface area contributed by atoms with Gasteiger partial charge in [-0.25, -0.2) is 9.59 Å². The third-order valence-corrected chi connectivity index (χ3v) is 2.80. The average molecular weight is 289 g/mol. The fourth-order valence-corrected chi connectivity index (χ4v) is 1.86. The number of amides is 1. The maximum Gasteiger partial charge on any atom is 0.348 e. The van der Waals surface area contributed by atoms with E-state index >= 15 is 0 Å². The summed E-state index contributed by atoms with van der Waals surface area (Å²) in [6.07, 6.45) is 1.34. The van der Waals surface area contributed by atoms with E-state index in [1.807, 2.05) is 0 Å². The zero-order valence-electron chi connectivity index (χ0n) is 11.9. The molecule has 1 heterocycles. The molecule has 6 nitrogen and oxygen atoms in total. The minimum Gasteiger partial charge on any atom is -0.419 e. The van der Waals surface area contributed by atoms with E-state index in [1.54, 1.807) is 24.3 Å². The number of hydrogen-bond donors (Lipinski definition) is 1. The Labute approximate surface area is 121 Å². The number of hydrogen-bond acceptors (Lipinski definition) is 5. The normalized spacial score (nSPS) is 16.8. The van der Waals surface area contributed by atoms with E-state index in [1.165, 1.54) is 27.0 Å². The molecule has 6 heteroatoms. The highest BCUT2D eigenvalue weighted by Crippen LogP contribution is 2.24. The molecule has 1 fully saturated rings. The van der Waals surface area contributed by atoms with Crippen molar-refractivity contribution in [2.45, 2.75) is 19.6 Å². The summed E-state index contributed by atoms with van der Waals surface area (Å²) in [5.41, 5.74) is 0.743. The van der Waals surface area contributed by atoms with Crippen LogP contribution >= 0.6 is 0 Å². The molecule has 0 bridgehead atoms. The first kappa shape index (κ1) is 14.8. The third kappa shape index (κ3) is 3.28. The first-order chi connectivity index (χ1) is 9.82. The van der Waals surface area contributed by atoms with Crippen LogP contribution in [-0.4, -0.2) is 30.7 Å². The summed E-state index contributed by atoms with van der Waals surface area (Å²) in [6, 6.07) is 6.51. The lowest BCUT2D eigenvalue weighted by Crippen LogP contribution is -2.41. The maximum atomic E-state index is 11.8. The van der Waals surface area contributed by atoms with Gasteiger partial charge in [-0.05, 0) is 23.8 Å². The number of ether oxygens (including phenoxy) is 2. The molecular formula is C15H15NO5. The van der Waals surface area contributed by atoms with Crippen LogP contribution in [0, 0.1) is 0 Å². The van der Waals surface area contributed by atoms with Crippen molar-refractivity contribution in [1.82, 2.24) is 5.32 Å². The van der Waals surface area contributed by atoms with Crippen molar-refractivity contribution in [2.24, 2.45) is 0 Å². The van der Waals surface area contributed by atoms with Crippen molar-refractivity contribution in [1.29, 1.82) is 0 Å². The van der Waals surface area contributed by atoms with Gasteiger partial charge in [0.2, 0.25) is 0 Å². The Balaban J connectivity index is 2.33. The molecule has 1 saturated heterocycles. The van der Waals surface area contributed by atoms with Gasteiger partial charge in [0, 0.05) is 26.5 Å².